The quantitative estimate of drug-likeness (QED) is 0.647. The molecule has 0 heterocycles. The Morgan fingerprint density at radius 3 is 2.33 bits per heavy atom. The van der Waals surface area contributed by atoms with E-state index in [9.17, 15) is 9.59 Å². The van der Waals surface area contributed by atoms with Gasteiger partial charge in [-0.25, -0.2) is 0 Å². The molecule has 3 rings (SSSR count). The van der Waals surface area contributed by atoms with Crippen molar-refractivity contribution >= 4 is 29.2 Å². The number of carbonyl (C=O) groups is 2. The molecular formula is C19H18ClNO3. The first-order valence-corrected chi connectivity index (χ1v) is 8.39. The third kappa shape index (κ3) is 3.95. The number of hydrogen-bond donors (Lipinski definition) is 1. The molecule has 124 valence electrons. The molecule has 1 saturated carbocycles. The van der Waals surface area contributed by atoms with Crippen molar-refractivity contribution in [2.45, 2.75) is 25.7 Å². The molecule has 1 fully saturated rings. The SMILES string of the molecule is O=C(Nc1ccc(OC(=O)C2CCCC2)cc1)c1ccccc1Cl. The third-order valence-electron chi connectivity index (χ3n) is 4.14. The summed E-state index contributed by atoms with van der Waals surface area (Å²) in [5.41, 5.74) is 1.02. The topological polar surface area (TPSA) is 55.4 Å². The van der Waals surface area contributed by atoms with Crippen LogP contribution < -0.4 is 10.1 Å². The second-order valence-electron chi connectivity index (χ2n) is 5.86. The molecule has 4 nitrogen and oxygen atoms in total. The highest BCUT2D eigenvalue weighted by Crippen LogP contribution is 2.27. The molecule has 0 bridgehead atoms. The molecule has 1 aliphatic rings. The van der Waals surface area contributed by atoms with Crippen molar-refractivity contribution < 1.29 is 14.3 Å². The largest absolute Gasteiger partial charge is 0.426 e. The number of benzene rings is 2. The molecule has 0 atom stereocenters. The van der Waals surface area contributed by atoms with Gasteiger partial charge >= 0.3 is 5.97 Å². The van der Waals surface area contributed by atoms with Gasteiger partial charge in [0.2, 0.25) is 0 Å². The lowest BCUT2D eigenvalue weighted by Crippen LogP contribution is -2.17. The Bertz CT molecular complexity index is 737. The molecule has 2 aromatic carbocycles. The summed E-state index contributed by atoms with van der Waals surface area (Å²) in [5.74, 6) is 0.0592. The van der Waals surface area contributed by atoms with Crippen molar-refractivity contribution in [3.05, 3.63) is 59.1 Å². The highest BCUT2D eigenvalue weighted by Gasteiger charge is 2.24. The maximum absolute atomic E-state index is 12.2. The first-order chi connectivity index (χ1) is 11.6. The van der Waals surface area contributed by atoms with Gasteiger partial charge in [-0.3, -0.25) is 9.59 Å². The summed E-state index contributed by atoms with van der Waals surface area (Å²) in [5, 5.41) is 3.17. The molecule has 0 radical (unpaired) electrons. The minimum atomic E-state index is -0.281. The fourth-order valence-corrected chi connectivity index (χ4v) is 3.03. The molecular weight excluding hydrogens is 326 g/mol. The van der Waals surface area contributed by atoms with Crippen LogP contribution in [0.15, 0.2) is 48.5 Å². The van der Waals surface area contributed by atoms with Gasteiger partial charge in [0.15, 0.2) is 0 Å². The second kappa shape index (κ2) is 7.49. The Kier molecular flexibility index (Phi) is 5.16. The van der Waals surface area contributed by atoms with Crippen LogP contribution in [-0.4, -0.2) is 11.9 Å². The monoisotopic (exact) mass is 343 g/mol. The van der Waals surface area contributed by atoms with E-state index in [4.69, 9.17) is 16.3 Å². The molecule has 5 heteroatoms. The zero-order chi connectivity index (χ0) is 16.9. The Hall–Kier alpha value is -2.33. The van der Waals surface area contributed by atoms with Crippen LogP contribution in [-0.2, 0) is 4.79 Å². The molecule has 0 aliphatic heterocycles. The Balaban J connectivity index is 1.61. The summed E-state index contributed by atoms with van der Waals surface area (Å²) in [6.07, 6.45) is 4.00. The van der Waals surface area contributed by atoms with Gasteiger partial charge < -0.3 is 10.1 Å². The van der Waals surface area contributed by atoms with Crippen LogP contribution in [0.4, 0.5) is 5.69 Å². The van der Waals surface area contributed by atoms with Crippen LogP contribution in [0.3, 0.4) is 0 Å². The van der Waals surface area contributed by atoms with Crippen LogP contribution in [0.2, 0.25) is 5.02 Å². The van der Waals surface area contributed by atoms with E-state index in [2.05, 4.69) is 5.32 Å². The van der Waals surface area contributed by atoms with Crippen LogP contribution >= 0.6 is 11.6 Å². The minimum Gasteiger partial charge on any atom is -0.426 e. The van der Waals surface area contributed by atoms with Gasteiger partial charge in [0.1, 0.15) is 5.75 Å². The van der Waals surface area contributed by atoms with Gasteiger partial charge in [-0.1, -0.05) is 36.6 Å². The molecule has 24 heavy (non-hydrogen) atoms. The average Bonchev–Trinajstić information content (AvgIpc) is 3.11. The first kappa shape index (κ1) is 16.5. The summed E-state index contributed by atoms with van der Waals surface area (Å²) >= 11 is 6.01. The van der Waals surface area contributed by atoms with Gasteiger partial charge in [0.25, 0.3) is 5.91 Å². The number of esters is 1. The van der Waals surface area contributed by atoms with Gasteiger partial charge in [-0.15, -0.1) is 0 Å². The lowest BCUT2D eigenvalue weighted by Gasteiger charge is -2.10. The van der Waals surface area contributed by atoms with Crippen molar-refractivity contribution in [3.8, 4) is 5.75 Å². The summed E-state index contributed by atoms with van der Waals surface area (Å²) in [4.78, 5) is 24.2. The van der Waals surface area contributed by atoms with Crippen molar-refractivity contribution in [3.63, 3.8) is 0 Å². The number of rotatable bonds is 4. The van der Waals surface area contributed by atoms with E-state index < -0.39 is 0 Å². The molecule has 0 spiro atoms. The number of carbonyl (C=O) groups excluding carboxylic acids is 2. The maximum Gasteiger partial charge on any atom is 0.314 e. The Morgan fingerprint density at radius 1 is 1.00 bits per heavy atom. The highest BCUT2D eigenvalue weighted by atomic mass is 35.5. The van der Waals surface area contributed by atoms with Crippen molar-refractivity contribution in [2.24, 2.45) is 5.92 Å². The number of nitrogens with one attached hydrogen (secondary N) is 1. The van der Waals surface area contributed by atoms with Crippen molar-refractivity contribution in [1.82, 2.24) is 0 Å². The fourth-order valence-electron chi connectivity index (χ4n) is 2.81. The Morgan fingerprint density at radius 2 is 1.67 bits per heavy atom. The van der Waals surface area contributed by atoms with Crippen LogP contribution in [0, 0.1) is 5.92 Å². The third-order valence-corrected chi connectivity index (χ3v) is 4.47. The lowest BCUT2D eigenvalue weighted by molar-refractivity contribution is -0.138. The maximum atomic E-state index is 12.2. The smallest absolute Gasteiger partial charge is 0.314 e. The van der Waals surface area contributed by atoms with E-state index in [1.807, 2.05) is 0 Å². The fraction of sp³-hybridized carbons (Fsp3) is 0.263. The second-order valence-corrected chi connectivity index (χ2v) is 6.27. The van der Waals surface area contributed by atoms with Crippen LogP contribution in [0.25, 0.3) is 0 Å². The van der Waals surface area contributed by atoms with E-state index in [0.717, 1.165) is 25.7 Å². The number of halogens is 1. The van der Waals surface area contributed by atoms with Crippen molar-refractivity contribution in [1.29, 1.82) is 0 Å². The molecule has 0 aromatic heterocycles. The number of anilines is 1. The molecule has 1 amide bonds. The summed E-state index contributed by atoms with van der Waals surface area (Å²) < 4.78 is 5.39. The van der Waals surface area contributed by atoms with Gasteiger partial charge in [-0.2, -0.15) is 0 Å². The molecule has 0 unspecified atom stereocenters. The van der Waals surface area contributed by atoms with E-state index in [1.165, 1.54) is 0 Å². The molecule has 1 N–H and O–H groups in total. The number of amides is 1. The molecule has 1 aliphatic carbocycles. The van der Waals surface area contributed by atoms with Crippen molar-refractivity contribution in [2.75, 3.05) is 5.32 Å². The van der Waals surface area contributed by atoms with E-state index in [1.54, 1.807) is 48.5 Å². The normalized spacial score (nSPS) is 14.4. The zero-order valence-corrected chi connectivity index (χ0v) is 13.9. The van der Waals surface area contributed by atoms with E-state index in [-0.39, 0.29) is 17.8 Å². The summed E-state index contributed by atoms with van der Waals surface area (Å²) in [6.45, 7) is 0. The standard InChI is InChI=1S/C19H18ClNO3/c20-17-8-4-3-7-16(17)18(22)21-14-9-11-15(12-10-14)24-19(23)13-5-1-2-6-13/h3-4,7-13H,1-2,5-6H2,(H,21,22). The summed E-state index contributed by atoms with van der Waals surface area (Å²) in [7, 11) is 0. The average molecular weight is 344 g/mol. The minimum absolute atomic E-state index is 0.0181. The summed E-state index contributed by atoms with van der Waals surface area (Å²) in [6, 6.07) is 13.6. The number of ether oxygens (including phenoxy) is 1. The van der Waals surface area contributed by atoms with Gasteiger partial charge in [0.05, 0.1) is 16.5 Å². The van der Waals surface area contributed by atoms with E-state index in [0.29, 0.717) is 22.0 Å². The number of hydrogen-bond acceptors (Lipinski definition) is 3. The lowest BCUT2D eigenvalue weighted by atomic mass is 10.1. The zero-order valence-electron chi connectivity index (χ0n) is 13.1. The highest BCUT2D eigenvalue weighted by molar-refractivity contribution is 6.34. The predicted molar refractivity (Wildman–Crippen MR) is 93.4 cm³/mol. The predicted octanol–water partition coefficient (Wildman–Crippen LogP) is 4.69. The van der Waals surface area contributed by atoms with E-state index >= 15 is 0 Å². The van der Waals surface area contributed by atoms with Crippen LogP contribution in [0.5, 0.6) is 5.75 Å². The first-order valence-electron chi connectivity index (χ1n) is 8.01. The molecule has 0 saturated heterocycles. The van der Waals surface area contributed by atoms with Gasteiger partial charge in [0, 0.05) is 5.69 Å². The van der Waals surface area contributed by atoms with Crippen LogP contribution in [0.1, 0.15) is 36.0 Å². The molecule has 2 aromatic rings. The Labute approximate surface area is 145 Å². The van der Waals surface area contributed by atoms with Gasteiger partial charge in [-0.05, 0) is 49.2 Å².